The van der Waals surface area contributed by atoms with E-state index in [1.54, 1.807) is 24.3 Å². The Hall–Kier alpha value is -4.23. The maximum Gasteiger partial charge on any atom is 0.266 e. The zero-order valence-corrected chi connectivity index (χ0v) is 19.3. The molecule has 0 aliphatic heterocycles. The van der Waals surface area contributed by atoms with Crippen LogP contribution in [0.25, 0.3) is 27.7 Å². The molecule has 7 heteroatoms. The van der Waals surface area contributed by atoms with Gasteiger partial charge in [-0.3, -0.25) is 14.2 Å². The highest BCUT2D eigenvalue weighted by Gasteiger charge is 2.16. The summed E-state index contributed by atoms with van der Waals surface area (Å²) in [7, 11) is 0. The molecule has 0 saturated carbocycles. The van der Waals surface area contributed by atoms with E-state index >= 15 is 0 Å². The molecule has 1 N–H and O–H groups in total. The second-order valence-corrected chi connectivity index (χ2v) is 8.72. The molecule has 1 amide bonds. The van der Waals surface area contributed by atoms with Gasteiger partial charge in [-0.15, -0.1) is 0 Å². The van der Waals surface area contributed by atoms with E-state index in [1.165, 1.54) is 28.8 Å². The van der Waals surface area contributed by atoms with Crippen molar-refractivity contribution in [3.05, 3.63) is 119 Å². The van der Waals surface area contributed by atoms with Crippen LogP contribution >= 0.6 is 11.8 Å². The lowest BCUT2D eigenvalue weighted by atomic mass is 10.0. The highest BCUT2D eigenvalue weighted by Crippen LogP contribution is 2.28. The SMILES string of the molecule is O=C(CSc1nc2ccccc2c(=O)n1-c1ccc(F)cc1)Nc1ccccc1-c1ccccc1. The molecule has 0 bridgehead atoms. The Kier molecular flexibility index (Phi) is 6.41. The Morgan fingerprint density at radius 2 is 1.54 bits per heavy atom. The maximum absolute atomic E-state index is 13.5. The summed E-state index contributed by atoms with van der Waals surface area (Å²) in [5.41, 5.74) is 3.35. The van der Waals surface area contributed by atoms with Gasteiger partial charge in [-0.05, 0) is 48.0 Å². The van der Waals surface area contributed by atoms with Gasteiger partial charge in [0.1, 0.15) is 5.82 Å². The van der Waals surface area contributed by atoms with Gasteiger partial charge in [0.15, 0.2) is 5.16 Å². The van der Waals surface area contributed by atoms with Crippen molar-refractivity contribution in [1.29, 1.82) is 0 Å². The monoisotopic (exact) mass is 481 g/mol. The van der Waals surface area contributed by atoms with E-state index in [0.717, 1.165) is 22.9 Å². The first-order valence-electron chi connectivity index (χ1n) is 10.9. The van der Waals surface area contributed by atoms with Crippen LogP contribution in [0.4, 0.5) is 10.1 Å². The number of benzene rings is 4. The van der Waals surface area contributed by atoms with E-state index in [2.05, 4.69) is 10.3 Å². The number of aromatic nitrogens is 2. The van der Waals surface area contributed by atoms with Crippen LogP contribution in [0.1, 0.15) is 0 Å². The average molecular weight is 482 g/mol. The van der Waals surface area contributed by atoms with Gasteiger partial charge in [-0.2, -0.15) is 0 Å². The largest absolute Gasteiger partial charge is 0.325 e. The summed E-state index contributed by atoms with van der Waals surface area (Å²) >= 11 is 1.15. The van der Waals surface area contributed by atoms with Gasteiger partial charge >= 0.3 is 0 Å². The molecule has 0 fully saturated rings. The molecule has 5 aromatic rings. The van der Waals surface area contributed by atoms with Gasteiger partial charge in [-0.1, -0.05) is 72.4 Å². The van der Waals surface area contributed by atoms with Crippen molar-refractivity contribution in [2.45, 2.75) is 5.16 Å². The smallest absolute Gasteiger partial charge is 0.266 e. The van der Waals surface area contributed by atoms with Crippen molar-refractivity contribution in [1.82, 2.24) is 9.55 Å². The number of fused-ring (bicyclic) bond motifs is 1. The number of amides is 1. The molecule has 0 unspecified atom stereocenters. The Morgan fingerprint density at radius 1 is 0.857 bits per heavy atom. The van der Waals surface area contributed by atoms with Gasteiger partial charge in [0, 0.05) is 11.3 Å². The number of halogens is 1. The van der Waals surface area contributed by atoms with Crippen LogP contribution in [0.2, 0.25) is 0 Å². The third kappa shape index (κ3) is 4.85. The van der Waals surface area contributed by atoms with Crippen LogP contribution in [0, 0.1) is 5.82 Å². The number of carbonyl (C=O) groups is 1. The van der Waals surface area contributed by atoms with Crippen LogP contribution in [-0.4, -0.2) is 21.2 Å². The molecule has 0 atom stereocenters. The molecule has 0 saturated heterocycles. The molecule has 0 spiro atoms. The average Bonchev–Trinajstić information content (AvgIpc) is 2.89. The predicted octanol–water partition coefficient (Wildman–Crippen LogP) is 5.92. The minimum atomic E-state index is -0.402. The molecule has 4 aromatic carbocycles. The summed E-state index contributed by atoms with van der Waals surface area (Å²) in [6.45, 7) is 0. The van der Waals surface area contributed by atoms with Crippen molar-refractivity contribution >= 4 is 34.3 Å². The van der Waals surface area contributed by atoms with Crippen molar-refractivity contribution in [3.8, 4) is 16.8 Å². The molecular weight excluding hydrogens is 461 g/mol. The molecular formula is C28H20FN3O2S. The van der Waals surface area contributed by atoms with E-state index in [9.17, 15) is 14.0 Å². The molecule has 172 valence electrons. The zero-order chi connectivity index (χ0) is 24.2. The van der Waals surface area contributed by atoms with Gasteiger partial charge in [-0.25, -0.2) is 9.37 Å². The standard InChI is InChI=1S/C28H20FN3O2S/c29-20-14-16-21(17-15-20)32-27(34)23-11-5-7-13-25(23)31-28(32)35-18-26(33)30-24-12-6-4-10-22(24)19-8-2-1-3-9-19/h1-17H,18H2,(H,30,33). The fourth-order valence-electron chi connectivity index (χ4n) is 3.80. The lowest BCUT2D eigenvalue weighted by molar-refractivity contribution is -0.113. The zero-order valence-electron chi connectivity index (χ0n) is 18.5. The van der Waals surface area contributed by atoms with Crippen LogP contribution < -0.4 is 10.9 Å². The van der Waals surface area contributed by atoms with Gasteiger partial charge in [0.05, 0.1) is 22.3 Å². The fourth-order valence-corrected chi connectivity index (χ4v) is 4.62. The van der Waals surface area contributed by atoms with Crippen LogP contribution in [-0.2, 0) is 4.79 Å². The summed E-state index contributed by atoms with van der Waals surface area (Å²) in [5.74, 6) is -0.595. The van der Waals surface area contributed by atoms with E-state index in [1.807, 2.05) is 54.6 Å². The van der Waals surface area contributed by atoms with E-state index in [-0.39, 0.29) is 17.2 Å². The number of rotatable bonds is 6. The van der Waals surface area contributed by atoms with E-state index in [4.69, 9.17) is 0 Å². The molecule has 1 aromatic heterocycles. The van der Waals surface area contributed by atoms with Gasteiger partial charge in [0.25, 0.3) is 5.56 Å². The first-order valence-corrected chi connectivity index (χ1v) is 11.9. The molecule has 5 nitrogen and oxygen atoms in total. The maximum atomic E-state index is 13.5. The number of anilines is 1. The summed E-state index contributed by atoms with van der Waals surface area (Å²) < 4.78 is 14.9. The van der Waals surface area contributed by atoms with Gasteiger partial charge in [0.2, 0.25) is 5.91 Å². The Bertz CT molecular complexity index is 1570. The lowest BCUT2D eigenvalue weighted by Crippen LogP contribution is -2.23. The second-order valence-electron chi connectivity index (χ2n) is 7.78. The minimum Gasteiger partial charge on any atom is -0.325 e. The number of hydrogen-bond donors (Lipinski definition) is 1. The normalized spacial score (nSPS) is 10.9. The number of thioether (sulfide) groups is 1. The molecule has 35 heavy (non-hydrogen) atoms. The Morgan fingerprint density at radius 3 is 2.34 bits per heavy atom. The highest BCUT2D eigenvalue weighted by atomic mass is 32.2. The molecule has 5 rings (SSSR count). The number of carbonyl (C=O) groups excluding carboxylic acids is 1. The highest BCUT2D eigenvalue weighted by molar-refractivity contribution is 7.99. The Labute approximate surface area is 205 Å². The third-order valence-electron chi connectivity index (χ3n) is 5.45. The number of nitrogens with one attached hydrogen (secondary N) is 1. The topological polar surface area (TPSA) is 64.0 Å². The predicted molar refractivity (Wildman–Crippen MR) is 139 cm³/mol. The van der Waals surface area contributed by atoms with Crippen LogP contribution in [0.5, 0.6) is 0 Å². The molecule has 0 aliphatic carbocycles. The summed E-state index contributed by atoms with van der Waals surface area (Å²) in [4.78, 5) is 30.8. The minimum absolute atomic E-state index is 0.0368. The fraction of sp³-hybridized carbons (Fsp3) is 0.0357. The van der Waals surface area contributed by atoms with Crippen molar-refractivity contribution in [3.63, 3.8) is 0 Å². The first kappa shape index (κ1) is 22.6. The van der Waals surface area contributed by atoms with E-state index < -0.39 is 5.82 Å². The number of nitrogens with zero attached hydrogens (tertiary/aromatic N) is 2. The number of hydrogen-bond acceptors (Lipinski definition) is 4. The quantitative estimate of drug-likeness (QED) is 0.241. The number of para-hydroxylation sites is 2. The molecule has 1 heterocycles. The van der Waals surface area contributed by atoms with Gasteiger partial charge < -0.3 is 5.32 Å². The van der Waals surface area contributed by atoms with Crippen LogP contribution in [0.3, 0.4) is 0 Å². The summed E-state index contributed by atoms with van der Waals surface area (Å²) in [6, 6.07) is 30.1. The van der Waals surface area contributed by atoms with Crippen molar-refractivity contribution in [2.75, 3.05) is 11.1 Å². The van der Waals surface area contributed by atoms with Crippen molar-refractivity contribution in [2.24, 2.45) is 0 Å². The lowest BCUT2D eigenvalue weighted by Gasteiger charge is -2.14. The second kappa shape index (κ2) is 9.95. The van der Waals surface area contributed by atoms with Crippen molar-refractivity contribution < 1.29 is 9.18 Å². The molecule has 0 aliphatic rings. The van der Waals surface area contributed by atoms with Crippen LogP contribution in [0.15, 0.2) is 113 Å². The summed E-state index contributed by atoms with van der Waals surface area (Å²) in [6.07, 6.45) is 0. The summed E-state index contributed by atoms with van der Waals surface area (Å²) in [5, 5.41) is 3.77. The Balaban J connectivity index is 1.44. The molecule has 0 radical (unpaired) electrons. The first-order chi connectivity index (χ1) is 17.1. The van der Waals surface area contributed by atoms with E-state index in [0.29, 0.717) is 27.4 Å². The third-order valence-corrected chi connectivity index (χ3v) is 6.39.